The van der Waals surface area contributed by atoms with Crippen molar-refractivity contribution in [2.75, 3.05) is 19.8 Å². The van der Waals surface area contributed by atoms with Gasteiger partial charge >= 0.3 is 5.97 Å². The lowest BCUT2D eigenvalue weighted by molar-refractivity contribution is -0.154. The Morgan fingerprint density at radius 3 is 1.81 bits per heavy atom. The van der Waals surface area contributed by atoms with Gasteiger partial charge in [-0.25, -0.2) is 0 Å². The zero-order chi connectivity index (χ0) is 27.1. The summed E-state index contributed by atoms with van der Waals surface area (Å²) in [6.07, 6.45) is 37.1. The van der Waals surface area contributed by atoms with Crippen molar-refractivity contribution >= 4 is 5.97 Å². The highest BCUT2D eigenvalue weighted by atomic mass is 16.6. The summed E-state index contributed by atoms with van der Waals surface area (Å²) in [6.45, 7) is 5.12. The van der Waals surface area contributed by atoms with E-state index in [0.717, 1.165) is 64.2 Å². The molecule has 0 heterocycles. The van der Waals surface area contributed by atoms with E-state index in [9.17, 15) is 9.90 Å². The number of hydrogen-bond donors (Lipinski definition) is 1. The maximum atomic E-state index is 12.0. The molecule has 1 atom stereocenters. The Morgan fingerprint density at radius 2 is 1.22 bits per heavy atom. The average molecular weight is 519 g/mol. The average Bonchev–Trinajstić information content (AvgIpc) is 2.90. The first-order valence-electron chi connectivity index (χ1n) is 15.2. The molecule has 0 rings (SSSR count). The van der Waals surface area contributed by atoms with Gasteiger partial charge in [0.05, 0.1) is 13.2 Å². The second-order valence-corrected chi connectivity index (χ2v) is 9.80. The van der Waals surface area contributed by atoms with E-state index in [1.54, 1.807) is 0 Å². The lowest BCUT2D eigenvalue weighted by Crippen LogP contribution is -2.27. The largest absolute Gasteiger partial charge is 0.457 e. The van der Waals surface area contributed by atoms with Crippen LogP contribution in [-0.2, 0) is 14.3 Å². The number of aliphatic hydroxyl groups excluding tert-OH is 1. The van der Waals surface area contributed by atoms with Crippen LogP contribution in [0.2, 0.25) is 0 Å². The van der Waals surface area contributed by atoms with E-state index < -0.39 is 6.10 Å². The SMILES string of the molecule is CC/C=C\C/C=C\C/C=C\C/C=C\CCCCCOCC(CO)OC(=O)CCCCCCCCCCC. The second-order valence-electron chi connectivity index (χ2n) is 9.80. The Morgan fingerprint density at radius 1 is 0.676 bits per heavy atom. The molecule has 37 heavy (non-hydrogen) atoms. The molecule has 0 fully saturated rings. The van der Waals surface area contributed by atoms with Crippen molar-refractivity contribution < 1.29 is 19.4 Å². The molecular formula is C33H58O4. The van der Waals surface area contributed by atoms with Gasteiger partial charge in [-0.1, -0.05) is 120 Å². The molecule has 0 radical (unpaired) electrons. The molecule has 0 spiro atoms. The van der Waals surface area contributed by atoms with Gasteiger partial charge in [-0.3, -0.25) is 4.79 Å². The molecule has 0 amide bonds. The number of allylic oxidation sites excluding steroid dienone is 8. The predicted octanol–water partition coefficient (Wildman–Crippen LogP) is 9.19. The van der Waals surface area contributed by atoms with Crippen LogP contribution in [0.25, 0.3) is 0 Å². The minimum Gasteiger partial charge on any atom is -0.457 e. The Balaban J connectivity index is 3.55. The smallest absolute Gasteiger partial charge is 0.306 e. The zero-order valence-electron chi connectivity index (χ0n) is 24.2. The first-order chi connectivity index (χ1) is 18.2. The summed E-state index contributed by atoms with van der Waals surface area (Å²) in [5, 5.41) is 9.47. The second kappa shape index (κ2) is 30.6. The van der Waals surface area contributed by atoms with Crippen LogP contribution in [0.5, 0.6) is 0 Å². The van der Waals surface area contributed by atoms with Gasteiger partial charge in [-0.15, -0.1) is 0 Å². The molecule has 0 saturated heterocycles. The summed E-state index contributed by atoms with van der Waals surface area (Å²) < 4.78 is 11.0. The Labute approximate surface area is 229 Å². The van der Waals surface area contributed by atoms with Crippen LogP contribution in [-0.4, -0.2) is 37.0 Å². The number of rotatable bonds is 27. The van der Waals surface area contributed by atoms with Crippen molar-refractivity contribution in [1.29, 1.82) is 0 Å². The first-order valence-corrected chi connectivity index (χ1v) is 15.2. The summed E-state index contributed by atoms with van der Waals surface area (Å²) in [4.78, 5) is 12.0. The van der Waals surface area contributed by atoms with Gasteiger partial charge in [0.2, 0.25) is 0 Å². The highest BCUT2D eigenvalue weighted by Crippen LogP contribution is 2.11. The molecular weight excluding hydrogens is 460 g/mol. The van der Waals surface area contributed by atoms with Crippen LogP contribution in [0.1, 0.15) is 129 Å². The maximum Gasteiger partial charge on any atom is 0.306 e. The molecule has 0 aromatic heterocycles. The van der Waals surface area contributed by atoms with Crippen molar-refractivity contribution in [2.24, 2.45) is 0 Å². The molecule has 4 nitrogen and oxygen atoms in total. The van der Waals surface area contributed by atoms with Gasteiger partial charge in [-0.2, -0.15) is 0 Å². The Bertz CT molecular complexity index is 591. The van der Waals surface area contributed by atoms with Gasteiger partial charge in [0.25, 0.3) is 0 Å². The maximum absolute atomic E-state index is 12.0. The van der Waals surface area contributed by atoms with E-state index in [1.165, 1.54) is 44.9 Å². The van der Waals surface area contributed by atoms with Crippen LogP contribution in [0.15, 0.2) is 48.6 Å². The number of unbranched alkanes of at least 4 members (excludes halogenated alkanes) is 11. The number of ether oxygens (including phenoxy) is 2. The molecule has 1 unspecified atom stereocenters. The monoisotopic (exact) mass is 518 g/mol. The quantitative estimate of drug-likeness (QED) is 0.0669. The van der Waals surface area contributed by atoms with Crippen LogP contribution < -0.4 is 0 Å². The van der Waals surface area contributed by atoms with E-state index in [4.69, 9.17) is 9.47 Å². The summed E-state index contributed by atoms with van der Waals surface area (Å²) in [5.74, 6) is -0.219. The van der Waals surface area contributed by atoms with Crippen molar-refractivity contribution in [2.45, 2.75) is 136 Å². The standard InChI is InChI=1S/C33H58O4/c1-3-5-7-9-11-13-14-15-16-17-18-19-21-23-25-27-29-36-31-32(30-34)37-33(35)28-26-24-22-20-12-10-8-6-4-2/h5,7,11,13,15-16,18-19,32,34H,3-4,6,8-10,12,14,17,20-31H2,1-2H3/b7-5-,13-11-,16-15-,19-18-. The van der Waals surface area contributed by atoms with Crippen molar-refractivity contribution in [3.05, 3.63) is 48.6 Å². The van der Waals surface area contributed by atoms with Crippen molar-refractivity contribution in [1.82, 2.24) is 0 Å². The first kappa shape index (κ1) is 35.4. The van der Waals surface area contributed by atoms with E-state index in [0.29, 0.717) is 13.0 Å². The van der Waals surface area contributed by atoms with Crippen molar-refractivity contribution in [3.63, 3.8) is 0 Å². The summed E-state index contributed by atoms with van der Waals surface area (Å²) in [5.41, 5.74) is 0. The fourth-order valence-electron chi connectivity index (χ4n) is 3.90. The van der Waals surface area contributed by atoms with Gasteiger partial charge in [0.15, 0.2) is 0 Å². The fraction of sp³-hybridized carbons (Fsp3) is 0.727. The van der Waals surface area contributed by atoms with Gasteiger partial charge in [-0.05, 0) is 51.4 Å². The normalized spacial score (nSPS) is 13.1. The zero-order valence-corrected chi connectivity index (χ0v) is 24.2. The number of esters is 1. The molecule has 0 aliphatic carbocycles. The molecule has 0 aliphatic heterocycles. The van der Waals surface area contributed by atoms with Crippen LogP contribution in [0.3, 0.4) is 0 Å². The van der Waals surface area contributed by atoms with E-state index in [2.05, 4.69) is 62.5 Å². The predicted molar refractivity (Wildman–Crippen MR) is 159 cm³/mol. The van der Waals surface area contributed by atoms with Crippen molar-refractivity contribution in [3.8, 4) is 0 Å². The lowest BCUT2D eigenvalue weighted by Gasteiger charge is -2.15. The number of carbonyl (C=O) groups excluding carboxylic acids is 1. The minimum atomic E-state index is -0.546. The highest BCUT2D eigenvalue weighted by Gasteiger charge is 2.13. The van der Waals surface area contributed by atoms with E-state index in [1.807, 2.05) is 0 Å². The van der Waals surface area contributed by atoms with Gasteiger partial charge < -0.3 is 14.6 Å². The molecule has 1 N–H and O–H groups in total. The molecule has 0 bridgehead atoms. The van der Waals surface area contributed by atoms with Gasteiger partial charge in [0, 0.05) is 13.0 Å². The Kier molecular flexibility index (Phi) is 29.2. The molecule has 0 aliphatic rings. The number of carbonyl (C=O) groups is 1. The Hall–Kier alpha value is -1.65. The van der Waals surface area contributed by atoms with E-state index in [-0.39, 0.29) is 19.2 Å². The molecule has 4 heteroatoms. The van der Waals surface area contributed by atoms with Crippen LogP contribution >= 0.6 is 0 Å². The molecule has 0 aromatic rings. The summed E-state index contributed by atoms with van der Waals surface area (Å²) in [6, 6.07) is 0. The molecule has 214 valence electrons. The third-order valence-corrected chi connectivity index (χ3v) is 6.17. The topological polar surface area (TPSA) is 55.8 Å². The van der Waals surface area contributed by atoms with E-state index >= 15 is 0 Å². The molecule has 0 aromatic carbocycles. The fourth-order valence-corrected chi connectivity index (χ4v) is 3.90. The summed E-state index contributed by atoms with van der Waals surface area (Å²) >= 11 is 0. The lowest BCUT2D eigenvalue weighted by atomic mass is 10.1. The third-order valence-electron chi connectivity index (χ3n) is 6.17. The highest BCUT2D eigenvalue weighted by molar-refractivity contribution is 5.69. The van der Waals surface area contributed by atoms with Gasteiger partial charge in [0.1, 0.15) is 6.10 Å². The van der Waals surface area contributed by atoms with Crippen LogP contribution in [0, 0.1) is 0 Å². The summed E-state index contributed by atoms with van der Waals surface area (Å²) in [7, 11) is 0. The number of hydrogen-bond acceptors (Lipinski definition) is 4. The minimum absolute atomic E-state index is 0.185. The third kappa shape index (κ3) is 28.8. The molecule has 0 saturated carbocycles. The number of aliphatic hydroxyl groups is 1. The van der Waals surface area contributed by atoms with Crippen LogP contribution in [0.4, 0.5) is 0 Å².